The molecule has 4 nitrogen and oxygen atoms in total. The minimum Gasteiger partial charge on any atom is -0.348 e. The van der Waals surface area contributed by atoms with Gasteiger partial charge in [-0.05, 0) is 18.6 Å². The summed E-state index contributed by atoms with van der Waals surface area (Å²) in [5.74, 6) is 0. The molecule has 2 aromatic rings. The molecule has 0 aromatic carbocycles. The Morgan fingerprint density at radius 2 is 2.38 bits per heavy atom. The Morgan fingerprint density at radius 3 is 3.12 bits per heavy atom. The van der Waals surface area contributed by atoms with Crippen LogP contribution in [0.1, 0.15) is 17.0 Å². The number of imidazole rings is 1. The quantitative estimate of drug-likeness (QED) is 0.744. The third kappa shape index (κ3) is 2.90. The second kappa shape index (κ2) is 5.42. The average molecular weight is 216 g/mol. The Balaban J connectivity index is 1.74. The number of nitrogens with one attached hydrogen (secondary N) is 2. The smallest absolute Gasteiger partial charge is 0.0921 e. The Bertz CT molecular complexity index is 422. The van der Waals surface area contributed by atoms with Crippen molar-refractivity contribution in [2.24, 2.45) is 0 Å². The molecule has 16 heavy (non-hydrogen) atoms. The number of nitrogens with zero attached hydrogens (tertiary/aromatic N) is 2. The molecule has 2 aromatic heterocycles. The first-order valence-electron chi connectivity index (χ1n) is 5.45. The maximum atomic E-state index is 4.33. The van der Waals surface area contributed by atoms with Gasteiger partial charge in [-0.25, -0.2) is 4.98 Å². The van der Waals surface area contributed by atoms with Crippen molar-refractivity contribution in [3.05, 3.63) is 47.8 Å². The highest BCUT2D eigenvalue weighted by atomic mass is 14.9. The molecule has 0 saturated carbocycles. The summed E-state index contributed by atoms with van der Waals surface area (Å²) in [6.07, 6.45) is 6.36. The van der Waals surface area contributed by atoms with E-state index in [0.717, 1.165) is 30.9 Å². The zero-order valence-corrected chi connectivity index (χ0v) is 9.40. The predicted molar refractivity (Wildman–Crippen MR) is 63.0 cm³/mol. The fourth-order valence-electron chi connectivity index (χ4n) is 1.55. The zero-order valence-electron chi connectivity index (χ0n) is 9.40. The summed E-state index contributed by atoms with van der Waals surface area (Å²) in [7, 11) is 0. The molecular weight excluding hydrogens is 200 g/mol. The molecule has 0 saturated heterocycles. The Labute approximate surface area is 95.1 Å². The van der Waals surface area contributed by atoms with Crippen LogP contribution in [0, 0.1) is 6.92 Å². The monoisotopic (exact) mass is 216 g/mol. The summed E-state index contributed by atoms with van der Waals surface area (Å²) >= 11 is 0. The van der Waals surface area contributed by atoms with Crippen LogP contribution in [0.4, 0.5) is 0 Å². The van der Waals surface area contributed by atoms with E-state index in [1.807, 2.05) is 18.5 Å². The van der Waals surface area contributed by atoms with E-state index in [1.165, 1.54) is 5.56 Å². The largest absolute Gasteiger partial charge is 0.348 e. The van der Waals surface area contributed by atoms with Crippen molar-refractivity contribution in [1.82, 2.24) is 20.3 Å². The summed E-state index contributed by atoms with van der Waals surface area (Å²) in [5, 5.41) is 3.37. The normalized spacial score (nSPS) is 10.6. The fraction of sp³-hybridized carbons (Fsp3) is 0.333. The lowest BCUT2D eigenvalue weighted by atomic mass is 10.2. The molecule has 4 heteroatoms. The van der Waals surface area contributed by atoms with Gasteiger partial charge in [-0.1, -0.05) is 6.07 Å². The molecule has 0 fully saturated rings. The van der Waals surface area contributed by atoms with E-state index >= 15 is 0 Å². The zero-order chi connectivity index (χ0) is 11.2. The first-order chi connectivity index (χ1) is 7.86. The van der Waals surface area contributed by atoms with Crippen molar-refractivity contribution < 1.29 is 0 Å². The fourth-order valence-corrected chi connectivity index (χ4v) is 1.55. The summed E-state index contributed by atoms with van der Waals surface area (Å²) in [5.41, 5.74) is 3.51. The third-order valence-electron chi connectivity index (χ3n) is 2.54. The number of aryl methyl sites for hydroxylation is 1. The van der Waals surface area contributed by atoms with Gasteiger partial charge in [-0.2, -0.15) is 0 Å². The second-order valence-corrected chi connectivity index (χ2v) is 3.77. The van der Waals surface area contributed by atoms with Gasteiger partial charge in [0.1, 0.15) is 0 Å². The molecule has 0 spiro atoms. The number of aromatic amines is 1. The van der Waals surface area contributed by atoms with Crippen molar-refractivity contribution in [3.63, 3.8) is 0 Å². The lowest BCUT2D eigenvalue weighted by Crippen LogP contribution is -2.18. The van der Waals surface area contributed by atoms with E-state index in [4.69, 9.17) is 0 Å². The molecule has 0 amide bonds. The van der Waals surface area contributed by atoms with Gasteiger partial charge in [0.05, 0.1) is 12.0 Å². The van der Waals surface area contributed by atoms with E-state index < -0.39 is 0 Å². The predicted octanol–water partition coefficient (Wildman–Crippen LogP) is 1.45. The molecule has 0 unspecified atom stereocenters. The molecule has 0 aliphatic heterocycles. The maximum absolute atomic E-state index is 4.33. The Morgan fingerprint density at radius 1 is 1.44 bits per heavy atom. The molecule has 0 aliphatic carbocycles. The first kappa shape index (κ1) is 10.8. The van der Waals surface area contributed by atoms with Gasteiger partial charge in [0, 0.05) is 37.6 Å². The number of rotatable bonds is 5. The molecule has 2 heterocycles. The highest BCUT2D eigenvalue weighted by Gasteiger charge is 1.98. The molecule has 0 radical (unpaired) electrons. The van der Waals surface area contributed by atoms with E-state index in [-0.39, 0.29) is 0 Å². The van der Waals surface area contributed by atoms with Gasteiger partial charge in [0.15, 0.2) is 0 Å². The van der Waals surface area contributed by atoms with Gasteiger partial charge in [0.2, 0.25) is 0 Å². The molecule has 2 N–H and O–H groups in total. The molecule has 84 valence electrons. The summed E-state index contributed by atoms with van der Waals surface area (Å²) in [6.45, 7) is 3.83. The van der Waals surface area contributed by atoms with Crippen molar-refractivity contribution in [2.45, 2.75) is 19.9 Å². The highest BCUT2D eigenvalue weighted by Crippen LogP contribution is 2.02. The van der Waals surface area contributed by atoms with Crippen LogP contribution in [0.25, 0.3) is 0 Å². The van der Waals surface area contributed by atoms with E-state index in [1.54, 1.807) is 6.33 Å². The molecule has 2 rings (SSSR count). The lowest BCUT2D eigenvalue weighted by Gasteiger charge is -2.05. The number of pyridine rings is 1. The lowest BCUT2D eigenvalue weighted by molar-refractivity contribution is 0.667. The SMILES string of the molecule is Cc1cccnc1CNCCc1cnc[nH]1. The summed E-state index contributed by atoms with van der Waals surface area (Å²) in [6, 6.07) is 4.04. The van der Waals surface area contributed by atoms with Crippen LogP contribution in [0.2, 0.25) is 0 Å². The molecule has 0 bridgehead atoms. The minimum atomic E-state index is 0.820. The average Bonchev–Trinajstić information content (AvgIpc) is 2.79. The van der Waals surface area contributed by atoms with E-state index in [0.29, 0.717) is 0 Å². The molecule has 0 aliphatic rings. The van der Waals surface area contributed by atoms with Crippen LogP contribution >= 0.6 is 0 Å². The summed E-state index contributed by atoms with van der Waals surface area (Å²) in [4.78, 5) is 11.4. The van der Waals surface area contributed by atoms with Gasteiger partial charge in [0.25, 0.3) is 0 Å². The first-order valence-corrected chi connectivity index (χ1v) is 5.45. The van der Waals surface area contributed by atoms with Crippen LogP contribution in [0.15, 0.2) is 30.9 Å². The highest BCUT2D eigenvalue weighted by molar-refractivity contribution is 5.17. The number of hydrogen-bond donors (Lipinski definition) is 2. The molecule has 0 atom stereocenters. The summed E-state index contributed by atoms with van der Waals surface area (Å²) < 4.78 is 0. The van der Waals surface area contributed by atoms with Crippen LogP contribution in [0.5, 0.6) is 0 Å². The van der Waals surface area contributed by atoms with Crippen LogP contribution in [-0.2, 0) is 13.0 Å². The van der Waals surface area contributed by atoms with Crippen molar-refractivity contribution in [2.75, 3.05) is 6.54 Å². The number of H-pyrrole nitrogens is 1. The van der Waals surface area contributed by atoms with E-state index in [9.17, 15) is 0 Å². The van der Waals surface area contributed by atoms with Gasteiger partial charge >= 0.3 is 0 Å². The van der Waals surface area contributed by atoms with Crippen LogP contribution in [0.3, 0.4) is 0 Å². The number of hydrogen-bond acceptors (Lipinski definition) is 3. The van der Waals surface area contributed by atoms with Gasteiger partial charge in [-0.3, -0.25) is 4.98 Å². The third-order valence-corrected chi connectivity index (χ3v) is 2.54. The number of aromatic nitrogens is 3. The maximum Gasteiger partial charge on any atom is 0.0921 e. The second-order valence-electron chi connectivity index (χ2n) is 3.77. The van der Waals surface area contributed by atoms with E-state index in [2.05, 4.69) is 33.3 Å². The standard InChI is InChI=1S/C12H16N4/c1-10-3-2-5-15-12(10)8-13-6-4-11-7-14-9-16-11/h2-3,5,7,9,13H,4,6,8H2,1H3,(H,14,16). The van der Waals surface area contributed by atoms with Gasteiger partial charge < -0.3 is 10.3 Å². The van der Waals surface area contributed by atoms with Crippen LogP contribution < -0.4 is 5.32 Å². The van der Waals surface area contributed by atoms with Crippen molar-refractivity contribution in [1.29, 1.82) is 0 Å². The van der Waals surface area contributed by atoms with Crippen molar-refractivity contribution >= 4 is 0 Å². The Kier molecular flexibility index (Phi) is 3.66. The topological polar surface area (TPSA) is 53.6 Å². The van der Waals surface area contributed by atoms with Crippen LogP contribution in [-0.4, -0.2) is 21.5 Å². The van der Waals surface area contributed by atoms with Crippen molar-refractivity contribution in [3.8, 4) is 0 Å². The molecular formula is C12H16N4. The van der Waals surface area contributed by atoms with Gasteiger partial charge in [-0.15, -0.1) is 0 Å². The minimum absolute atomic E-state index is 0.820. The Hall–Kier alpha value is -1.68.